The molecule has 0 bridgehead atoms. The molecule has 7 nitrogen and oxygen atoms in total. The first-order valence-electron chi connectivity index (χ1n) is 7.77. The maximum Gasteiger partial charge on any atom is 0.387 e. The number of ether oxygens (including phenoxy) is 3. The highest BCUT2D eigenvalue weighted by Crippen LogP contribution is 2.22. The summed E-state index contributed by atoms with van der Waals surface area (Å²) in [7, 11) is 0. The zero-order valence-corrected chi connectivity index (χ0v) is 14.9. The van der Waals surface area contributed by atoms with E-state index in [0.717, 1.165) is 12.1 Å². The van der Waals surface area contributed by atoms with E-state index < -0.39 is 37.6 Å². The van der Waals surface area contributed by atoms with Gasteiger partial charge in [-0.3, -0.25) is 14.9 Å². The van der Waals surface area contributed by atoms with Gasteiger partial charge in [-0.05, 0) is 36.4 Å². The minimum Gasteiger partial charge on any atom is -0.480 e. The van der Waals surface area contributed by atoms with Crippen molar-refractivity contribution >= 4 is 29.4 Å². The minimum absolute atomic E-state index is 0.0309. The lowest BCUT2D eigenvalue weighted by Crippen LogP contribution is -2.34. The van der Waals surface area contributed by atoms with Crippen LogP contribution in [-0.4, -0.2) is 37.6 Å². The van der Waals surface area contributed by atoms with Crippen molar-refractivity contribution < 1.29 is 37.4 Å². The Bertz CT molecular complexity index is 844. The van der Waals surface area contributed by atoms with Gasteiger partial charge in [0.2, 0.25) is 0 Å². The van der Waals surface area contributed by atoms with E-state index in [0.29, 0.717) is 5.02 Å². The van der Waals surface area contributed by atoms with Crippen LogP contribution < -0.4 is 14.8 Å². The predicted octanol–water partition coefficient (Wildman–Crippen LogP) is 2.82. The van der Waals surface area contributed by atoms with Gasteiger partial charge < -0.3 is 14.2 Å². The van der Waals surface area contributed by atoms with Gasteiger partial charge in [0.1, 0.15) is 11.5 Å². The Morgan fingerprint density at radius 1 is 1.00 bits per heavy atom. The van der Waals surface area contributed by atoms with E-state index in [1.807, 2.05) is 5.32 Å². The molecule has 2 aromatic carbocycles. The molecule has 148 valence electrons. The zero-order valence-electron chi connectivity index (χ0n) is 14.2. The lowest BCUT2D eigenvalue weighted by Gasteiger charge is -2.08. The van der Waals surface area contributed by atoms with Gasteiger partial charge >= 0.3 is 12.6 Å². The van der Waals surface area contributed by atoms with Crippen molar-refractivity contribution in [1.82, 2.24) is 5.32 Å². The average Bonchev–Trinajstić information content (AvgIpc) is 2.65. The van der Waals surface area contributed by atoms with Crippen molar-refractivity contribution in [2.75, 3.05) is 13.2 Å². The van der Waals surface area contributed by atoms with Crippen molar-refractivity contribution in [2.45, 2.75) is 6.61 Å². The summed E-state index contributed by atoms with van der Waals surface area (Å²) in [6, 6.07) is 11.2. The molecule has 0 atom stereocenters. The first-order chi connectivity index (χ1) is 13.3. The molecule has 0 saturated carbocycles. The van der Waals surface area contributed by atoms with Crippen LogP contribution in [0.4, 0.5) is 8.78 Å². The predicted molar refractivity (Wildman–Crippen MR) is 93.5 cm³/mol. The summed E-state index contributed by atoms with van der Waals surface area (Å²) in [5.74, 6) is -2.36. The van der Waals surface area contributed by atoms with Crippen LogP contribution in [-0.2, 0) is 14.3 Å². The van der Waals surface area contributed by atoms with Gasteiger partial charge in [0.25, 0.3) is 11.8 Å². The summed E-state index contributed by atoms with van der Waals surface area (Å²) in [5, 5.41) is 2.30. The summed E-state index contributed by atoms with van der Waals surface area (Å²) in [6.07, 6.45) is 0. The summed E-state index contributed by atoms with van der Waals surface area (Å²) >= 11 is 5.86. The fourth-order valence-corrected chi connectivity index (χ4v) is 2.10. The number of carbonyl (C=O) groups is 3. The molecule has 0 aliphatic rings. The highest BCUT2D eigenvalue weighted by molar-refractivity contribution is 6.32. The van der Waals surface area contributed by atoms with Crippen LogP contribution >= 0.6 is 11.6 Å². The van der Waals surface area contributed by atoms with Crippen molar-refractivity contribution in [3.8, 4) is 11.5 Å². The molecule has 0 unspecified atom stereocenters. The van der Waals surface area contributed by atoms with E-state index >= 15 is 0 Å². The Hall–Kier alpha value is -3.20. The second-order valence-corrected chi connectivity index (χ2v) is 5.57. The highest BCUT2D eigenvalue weighted by atomic mass is 35.5. The van der Waals surface area contributed by atoms with Crippen LogP contribution in [0.1, 0.15) is 10.4 Å². The molecule has 0 spiro atoms. The fraction of sp³-hybridized carbons (Fsp3) is 0.167. The molecular weight excluding hydrogens is 400 g/mol. The van der Waals surface area contributed by atoms with Crippen LogP contribution in [0.3, 0.4) is 0 Å². The largest absolute Gasteiger partial charge is 0.480 e. The number of hydrogen-bond donors (Lipinski definition) is 1. The molecule has 28 heavy (non-hydrogen) atoms. The number of imide groups is 1. The molecule has 0 radical (unpaired) electrons. The van der Waals surface area contributed by atoms with Crippen LogP contribution in [0.2, 0.25) is 5.02 Å². The fourth-order valence-electron chi connectivity index (χ4n) is 1.91. The number of amides is 2. The molecule has 2 aromatic rings. The smallest absolute Gasteiger partial charge is 0.387 e. The van der Waals surface area contributed by atoms with E-state index in [9.17, 15) is 23.2 Å². The monoisotopic (exact) mass is 413 g/mol. The molecule has 10 heteroatoms. The van der Waals surface area contributed by atoms with E-state index in [1.165, 1.54) is 12.1 Å². The number of alkyl halides is 2. The zero-order chi connectivity index (χ0) is 20.5. The van der Waals surface area contributed by atoms with Gasteiger partial charge in [-0.2, -0.15) is 8.78 Å². The number of benzene rings is 2. The maximum absolute atomic E-state index is 12.1. The van der Waals surface area contributed by atoms with Gasteiger partial charge in [-0.1, -0.05) is 23.7 Å². The quantitative estimate of drug-likeness (QED) is 0.669. The third-order valence-electron chi connectivity index (χ3n) is 3.14. The number of carbonyl (C=O) groups excluding carboxylic acids is 3. The standard InChI is InChI=1S/C18H14ClF2NO6/c19-13-3-1-2-4-14(13)26-10-16(24)27-9-15(23)22-17(25)11-5-7-12(8-6-11)28-18(20)21/h1-8,18H,9-10H2,(H,22,23,25). The summed E-state index contributed by atoms with van der Waals surface area (Å²) in [4.78, 5) is 35.1. The molecule has 0 heterocycles. The summed E-state index contributed by atoms with van der Waals surface area (Å²) in [5.41, 5.74) is 0.0309. The molecule has 0 fully saturated rings. The first kappa shape index (κ1) is 21.1. The Kier molecular flexibility index (Phi) is 7.70. The molecule has 0 aliphatic carbocycles. The molecule has 2 rings (SSSR count). The Morgan fingerprint density at radius 3 is 2.32 bits per heavy atom. The van der Waals surface area contributed by atoms with Crippen LogP contribution in [0.25, 0.3) is 0 Å². The molecule has 0 aromatic heterocycles. The topological polar surface area (TPSA) is 90.9 Å². The third kappa shape index (κ3) is 6.84. The lowest BCUT2D eigenvalue weighted by molar-refractivity contribution is -0.150. The van der Waals surface area contributed by atoms with Crippen LogP contribution in [0.15, 0.2) is 48.5 Å². The second kappa shape index (κ2) is 10.2. The number of rotatable bonds is 8. The van der Waals surface area contributed by atoms with E-state index in [-0.39, 0.29) is 17.1 Å². The van der Waals surface area contributed by atoms with Gasteiger partial charge in [0.05, 0.1) is 5.02 Å². The molecule has 1 N–H and O–H groups in total. The summed E-state index contributed by atoms with van der Waals surface area (Å²) < 4.78 is 38.1. The SMILES string of the molecule is O=C(COC(=O)COc1ccccc1Cl)NC(=O)c1ccc(OC(F)F)cc1. The Morgan fingerprint density at radius 2 is 1.68 bits per heavy atom. The first-order valence-corrected chi connectivity index (χ1v) is 8.15. The normalized spacial score (nSPS) is 10.3. The molecule has 0 saturated heterocycles. The highest BCUT2D eigenvalue weighted by Gasteiger charge is 2.14. The van der Waals surface area contributed by atoms with E-state index in [1.54, 1.807) is 24.3 Å². The molecule has 2 amide bonds. The number of hydrogen-bond acceptors (Lipinski definition) is 6. The number of nitrogens with one attached hydrogen (secondary N) is 1. The molecular formula is C18H14ClF2NO6. The Labute approximate surface area is 163 Å². The maximum atomic E-state index is 12.1. The van der Waals surface area contributed by atoms with Gasteiger partial charge in [-0.25, -0.2) is 4.79 Å². The number of para-hydroxylation sites is 1. The van der Waals surface area contributed by atoms with E-state index in [2.05, 4.69) is 4.74 Å². The molecule has 0 aliphatic heterocycles. The van der Waals surface area contributed by atoms with Crippen molar-refractivity contribution in [1.29, 1.82) is 0 Å². The minimum atomic E-state index is -2.99. The van der Waals surface area contributed by atoms with E-state index in [4.69, 9.17) is 21.1 Å². The Balaban J connectivity index is 1.74. The van der Waals surface area contributed by atoms with Crippen molar-refractivity contribution in [3.63, 3.8) is 0 Å². The number of esters is 1. The van der Waals surface area contributed by atoms with Crippen molar-refractivity contribution in [2.24, 2.45) is 0 Å². The van der Waals surface area contributed by atoms with Crippen LogP contribution in [0, 0.1) is 0 Å². The lowest BCUT2D eigenvalue weighted by atomic mass is 10.2. The van der Waals surface area contributed by atoms with Gasteiger partial charge in [-0.15, -0.1) is 0 Å². The third-order valence-corrected chi connectivity index (χ3v) is 3.45. The number of halogens is 3. The average molecular weight is 414 g/mol. The van der Waals surface area contributed by atoms with Gasteiger partial charge in [0.15, 0.2) is 13.2 Å². The summed E-state index contributed by atoms with van der Waals surface area (Å²) in [6.45, 7) is -4.17. The van der Waals surface area contributed by atoms with Gasteiger partial charge in [0, 0.05) is 5.56 Å². The van der Waals surface area contributed by atoms with Crippen molar-refractivity contribution in [3.05, 3.63) is 59.1 Å². The van der Waals surface area contributed by atoms with Crippen LogP contribution in [0.5, 0.6) is 11.5 Å². The second-order valence-electron chi connectivity index (χ2n) is 5.16.